The third-order valence-electron chi connectivity index (χ3n) is 5.40. The Balaban J connectivity index is 1.81. The number of piperidine rings is 1. The topological polar surface area (TPSA) is 86.7 Å². The SMILES string of the molecule is CCCc1ncncc1C(=O)N1C[C@H]2CC[C@@H](C1)N(CC(=O)N(C)C)C2=O. The monoisotopic (exact) mass is 373 g/mol. The molecule has 146 valence electrons. The van der Waals surface area contributed by atoms with Gasteiger partial charge in [-0.15, -0.1) is 0 Å². The van der Waals surface area contributed by atoms with Crippen LogP contribution in [-0.4, -0.2) is 82.2 Å². The number of carbonyl (C=O) groups is 3. The molecule has 8 heteroatoms. The molecule has 0 aliphatic carbocycles. The van der Waals surface area contributed by atoms with Crippen LogP contribution in [0.3, 0.4) is 0 Å². The quantitative estimate of drug-likeness (QED) is 0.754. The first-order valence-corrected chi connectivity index (χ1v) is 9.51. The molecule has 1 aromatic rings. The molecular weight excluding hydrogens is 346 g/mol. The molecule has 3 amide bonds. The molecule has 0 radical (unpaired) electrons. The largest absolute Gasteiger partial charge is 0.347 e. The molecular formula is C19H27N5O3. The summed E-state index contributed by atoms with van der Waals surface area (Å²) in [6.45, 7) is 2.95. The molecule has 3 aliphatic heterocycles. The number of aromatic nitrogens is 2. The van der Waals surface area contributed by atoms with Crippen LogP contribution in [0, 0.1) is 5.92 Å². The Hall–Kier alpha value is -2.51. The van der Waals surface area contributed by atoms with Crippen molar-refractivity contribution < 1.29 is 14.4 Å². The minimum atomic E-state index is -0.248. The first-order valence-electron chi connectivity index (χ1n) is 9.51. The highest BCUT2D eigenvalue weighted by atomic mass is 16.2. The van der Waals surface area contributed by atoms with E-state index in [2.05, 4.69) is 9.97 Å². The molecule has 8 nitrogen and oxygen atoms in total. The van der Waals surface area contributed by atoms with Gasteiger partial charge in [-0.1, -0.05) is 13.3 Å². The predicted octanol–water partition coefficient (Wildman–Crippen LogP) is 0.580. The zero-order chi connectivity index (χ0) is 19.6. The maximum Gasteiger partial charge on any atom is 0.257 e. The van der Waals surface area contributed by atoms with E-state index in [1.807, 2.05) is 6.92 Å². The van der Waals surface area contributed by atoms with Crippen molar-refractivity contribution in [3.63, 3.8) is 0 Å². The summed E-state index contributed by atoms with van der Waals surface area (Å²) in [7, 11) is 3.37. The highest BCUT2D eigenvalue weighted by molar-refractivity contribution is 5.96. The van der Waals surface area contributed by atoms with E-state index >= 15 is 0 Å². The zero-order valence-corrected chi connectivity index (χ0v) is 16.2. The van der Waals surface area contributed by atoms with Crippen molar-refractivity contribution in [2.24, 2.45) is 5.92 Å². The Morgan fingerprint density at radius 1 is 1.26 bits per heavy atom. The summed E-state index contributed by atoms with van der Waals surface area (Å²) in [6.07, 6.45) is 6.21. The van der Waals surface area contributed by atoms with Gasteiger partial charge in [0.2, 0.25) is 11.8 Å². The van der Waals surface area contributed by atoms with E-state index in [0.717, 1.165) is 25.0 Å². The Morgan fingerprint density at radius 2 is 2.04 bits per heavy atom. The van der Waals surface area contributed by atoms with E-state index in [9.17, 15) is 14.4 Å². The number of amides is 3. The fourth-order valence-electron chi connectivity index (χ4n) is 3.84. The minimum absolute atomic E-state index is 0.0187. The van der Waals surface area contributed by atoms with Crippen molar-refractivity contribution in [3.05, 3.63) is 23.8 Å². The van der Waals surface area contributed by atoms with Gasteiger partial charge in [-0.25, -0.2) is 9.97 Å². The van der Waals surface area contributed by atoms with Crippen molar-refractivity contribution in [2.75, 3.05) is 33.7 Å². The van der Waals surface area contributed by atoms with Gasteiger partial charge >= 0.3 is 0 Å². The van der Waals surface area contributed by atoms with Gasteiger partial charge in [0.05, 0.1) is 17.2 Å². The van der Waals surface area contributed by atoms with Gasteiger partial charge in [0.15, 0.2) is 0 Å². The fourth-order valence-corrected chi connectivity index (χ4v) is 3.84. The van der Waals surface area contributed by atoms with E-state index in [0.29, 0.717) is 25.1 Å². The number of fused-ring (bicyclic) bond motifs is 4. The van der Waals surface area contributed by atoms with Gasteiger partial charge in [-0.05, 0) is 19.3 Å². The minimum Gasteiger partial charge on any atom is -0.347 e. The second kappa shape index (κ2) is 8.02. The average molecular weight is 373 g/mol. The molecule has 2 atom stereocenters. The molecule has 0 N–H and O–H groups in total. The van der Waals surface area contributed by atoms with Gasteiger partial charge in [0.1, 0.15) is 12.9 Å². The second-order valence-corrected chi connectivity index (χ2v) is 7.53. The predicted molar refractivity (Wildman–Crippen MR) is 98.8 cm³/mol. The zero-order valence-electron chi connectivity index (χ0n) is 16.2. The first kappa shape index (κ1) is 19.3. The number of rotatable bonds is 5. The number of carbonyl (C=O) groups excluding carboxylic acids is 3. The first-order chi connectivity index (χ1) is 12.9. The number of hydrogen-bond donors (Lipinski definition) is 0. The van der Waals surface area contributed by atoms with Crippen LogP contribution in [0.5, 0.6) is 0 Å². The van der Waals surface area contributed by atoms with Crippen LogP contribution in [0.25, 0.3) is 0 Å². The lowest BCUT2D eigenvalue weighted by Gasteiger charge is -2.35. The Kier molecular flexibility index (Phi) is 5.72. The summed E-state index contributed by atoms with van der Waals surface area (Å²) in [5, 5.41) is 0. The van der Waals surface area contributed by atoms with Gasteiger partial charge in [0.25, 0.3) is 5.91 Å². The molecule has 0 saturated carbocycles. The molecule has 4 heterocycles. The van der Waals surface area contributed by atoms with Crippen LogP contribution in [0.15, 0.2) is 12.5 Å². The smallest absolute Gasteiger partial charge is 0.257 e. The fraction of sp³-hybridized carbons (Fsp3) is 0.632. The lowest BCUT2D eigenvalue weighted by atomic mass is 9.94. The Labute approximate surface area is 159 Å². The van der Waals surface area contributed by atoms with Gasteiger partial charge in [0, 0.05) is 39.4 Å². The molecule has 4 rings (SSSR count). The van der Waals surface area contributed by atoms with E-state index in [1.165, 1.54) is 11.2 Å². The Bertz CT molecular complexity index is 736. The van der Waals surface area contributed by atoms with Gasteiger partial charge in [-0.2, -0.15) is 0 Å². The van der Waals surface area contributed by atoms with Crippen molar-refractivity contribution in [1.82, 2.24) is 24.7 Å². The third kappa shape index (κ3) is 3.94. The van der Waals surface area contributed by atoms with Crippen molar-refractivity contribution in [1.29, 1.82) is 0 Å². The normalized spacial score (nSPS) is 22.0. The third-order valence-corrected chi connectivity index (χ3v) is 5.40. The summed E-state index contributed by atoms with van der Waals surface area (Å²) < 4.78 is 0. The number of hydrogen-bond acceptors (Lipinski definition) is 5. The van der Waals surface area contributed by atoms with Crippen LogP contribution in [-0.2, 0) is 16.0 Å². The van der Waals surface area contributed by atoms with Gasteiger partial charge < -0.3 is 14.7 Å². The summed E-state index contributed by atoms with van der Waals surface area (Å²) in [5.74, 6) is -0.489. The summed E-state index contributed by atoms with van der Waals surface area (Å²) in [6, 6.07) is -0.122. The summed E-state index contributed by atoms with van der Waals surface area (Å²) >= 11 is 0. The van der Waals surface area contributed by atoms with E-state index in [4.69, 9.17) is 0 Å². The summed E-state index contributed by atoms with van der Waals surface area (Å²) in [4.78, 5) is 51.3. The van der Waals surface area contributed by atoms with Crippen LogP contribution < -0.4 is 0 Å². The molecule has 1 aromatic heterocycles. The van der Waals surface area contributed by atoms with Gasteiger partial charge in [-0.3, -0.25) is 14.4 Å². The Morgan fingerprint density at radius 3 is 2.74 bits per heavy atom. The lowest BCUT2D eigenvalue weighted by molar-refractivity contribution is -0.145. The highest BCUT2D eigenvalue weighted by Crippen LogP contribution is 2.30. The lowest BCUT2D eigenvalue weighted by Crippen LogP contribution is -2.51. The molecule has 0 spiro atoms. The summed E-state index contributed by atoms with van der Waals surface area (Å²) in [5.41, 5.74) is 1.27. The molecule has 0 unspecified atom stereocenters. The average Bonchev–Trinajstić information content (AvgIpc) is 2.94. The van der Waals surface area contributed by atoms with Crippen molar-refractivity contribution >= 4 is 17.7 Å². The van der Waals surface area contributed by atoms with Crippen LogP contribution in [0.1, 0.15) is 42.2 Å². The number of aryl methyl sites for hydroxylation is 1. The maximum absolute atomic E-state index is 13.2. The van der Waals surface area contributed by atoms with E-state index < -0.39 is 0 Å². The molecule has 3 saturated heterocycles. The molecule has 27 heavy (non-hydrogen) atoms. The van der Waals surface area contributed by atoms with Crippen molar-refractivity contribution in [3.8, 4) is 0 Å². The van der Waals surface area contributed by atoms with Crippen LogP contribution in [0.4, 0.5) is 0 Å². The van der Waals surface area contributed by atoms with E-state index in [1.54, 1.807) is 30.1 Å². The van der Waals surface area contributed by atoms with Crippen LogP contribution in [0.2, 0.25) is 0 Å². The highest BCUT2D eigenvalue weighted by Gasteiger charge is 2.43. The van der Waals surface area contributed by atoms with Crippen LogP contribution >= 0.6 is 0 Å². The molecule has 3 fully saturated rings. The molecule has 3 aliphatic rings. The second-order valence-electron chi connectivity index (χ2n) is 7.53. The molecule has 0 aromatic carbocycles. The standard InChI is InChI=1S/C19H27N5O3/c1-4-5-16-15(8-20-12-21-16)19(27)23-9-13-6-7-14(10-23)24(18(13)26)11-17(25)22(2)3/h8,12-14H,4-7,9-11H2,1-3H3/t13-,14+/m1/s1. The number of nitrogens with zero attached hydrogens (tertiary/aromatic N) is 5. The number of likely N-dealkylation sites (N-methyl/N-ethyl adjacent to an activating group) is 1. The maximum atomic E-state index is 13.2. The molecule has 2 bridgehead atoms. The van der Waals surface area contributed by atoms with Crippen molar-refractivity contribution in [2.45, 2.75) is 38.6 Å². The van der Waals surface area contributed by atoms with E-state index in [-0.39, 0.29) is 36.2 Å².